The Kier molecular flexibility index (Phi) is 5.65. The van der Waals surface area contributed by atoms with Crippen molar-refractivity contribution in [3.63, 3.8) is 0 Å². The maximum Gasteiger partial charge on any atom is 0.338 e. The van der Waals surface area contributed by atoms with Gasteiger partial charge in [0, 0.05) is 6.42 Å². The molecule has 30 heavy (non-hydrogen) atoms. The molecule has 0 bridgehead atoms. The van der Waals surface area contributed by atoms with Crippen molar-refractivity contribution in [1.29, 1.82) is 0 Å². The number of anilines is 1. The van der Waals surface area contributed by atoms with E-state index in [2.05, 4.69) is 6.58 Å². The number of carbonyl (C=O) groups is 4. The Morgan fingerprint density at radius 3 is 2.23 bits per heavy atom. The van der Waals surface area contributed by atoms with Crippen LogP contribution >= 0.6 is 0 Å². The molecule has 0 saturated carbocycles. The molecule has 0 unspecified atom stereocenters. The number of imide groups is 1. The molecular weight excluding hydrogens is 394 g/mol. The smallest absolute Gasteiger partial charge is 0.338 e. The number of carboxylic acids is 1. The lowest BCUT2D eigenvalue weighted by Gasteiger charge is -2.14. The SMILES string of the molecule is C=C(O)Cc1c(C(=O)O)ccc2c1C(=O)N(c1ccc(C(=O)OCCO)cc1)C2=O. The third-order valence-corrected chi connectivity index (χ3v) is 4.46. The van der Waals surface area contributed by atoms with Gasteiger partial charge in [-0.3, -0.25) is 9.59 Å². The van der Waals surface area contributed by atoms with Crippen LogP contribution in [-0.2, 0) is 11.2 Å². The molecule has 2 amide bonds. The van der Waals surface area contributed by atoms with E-state index in [1.54, 1.807) is 0 Å². The summed E-state index contributed by atoms with van der Waals surface area (Å²) in [4.78, 5) is 50.1. The van der Waals surface area contributed by atoms with Crippen molar-refractivity contribution in [2.45, 2.75) is 6.42 Å². The van der Waals surface area contributed by atoms with Gasteiger partial charge in [0.2, 0.25) is 0 Å². The van der Waals surface area contributed by atoms with Crippen LogP contribution in [0.4, 0.5) is 5.69 Å². The van der Waals surface area contributed by atoms with Gasteiger partial charge in [-0.1, -0.05) is 6.58 Å². The molecule has 2 aromatic carbocycles. The average Bonchev–Trinajstić information content (AvgIpc) is 2.96. The van der Waals surface area contributed by atoms with Crippen LogP contribution < -0.4 is 4.90 Å². The molecule has 0 spiro atoms. The number of ether oxygens (including phenoxy) is 1. The number of aromatic carboxylic acids is 1. The number of esters is 1. The number of aliphatic hydroxyl groups excluding tert-OH is 2. The zero-order valence-electron chi connectivity index (χ0n) is 15.6. The molecule has 3 rings (SSSR count). The predicted octanol–water partition coefficient (Wildman–Crippen LogP) is 1.95. The highest BCUT2D eigenvalue weighted by atomic mass is 16.5. The summed E-state index contributed by atoms with van der Waals surface area (Å²) >= 11 is 0. The summed E-state index contributed by atoms with van der Waals surface area (Å²) in [5, 5.41) is 27.7. The fourth-order valence-corrected chi connectivity index (χ4v) is 3.19. The summed E-state index contributed by atoms with van der Waals surface area (Å²) in [5.74, 6) is -3.74. The number of allylic oxidation sites excluding steroid dienone is 1. The highest BCUT2D eigenvalue weighted by Gasteiger charge is 2.40. The third-order valence-electron chi connectivity index (χ3n) is 4.46. The van der Waals surface area contributed by atoms with E-state index in [-0.39, 0.29) is 58.9 Å². The van der Waals surface area contributed by atoms with Gasteiger partial charge in [-0.15, -0.1) is 0 Å². The zero-order valence-corrected chi connectivity index (χ0v) is 15.6. The van der Waals surface area contributed by atoms with Gasteiger partial charge in [-0.05, 0) is 42.0 Å². The van der Waals surface area contributed by atoms with Crippen LogP contribution in [0.3, 0.4) is 0 Å². The maximum atomic E-state index is 13.0. The van der Waals surface area contributed by atoms with Crippen LogP contribution in [0, 0.1) is 0 Å². The number of hydrogen-bond donors (Lipinski definition) is 3. The van der Waals surface area contributed by atoms with Gasteiger partial charge in [-0.2, -0.15) is 0 Å². The monoisotopic (exact) mass is 411 g/mol. The summed E-state index contributed by atoms with van der Waals surface area (Å²) in [6.45, 7) is 2.86. The van der Waals surface area contributed by atoms with Crippen molar-refractivity contribution in [2.24, 2.45) is 0 Å². The molecule has 9 nitrogen and oxygen atoms in total. The number of aliphatic hydroxyl groups is 2. The van der Waals surface area contributed by atoms with Crippen molar-refractivity contribution in [3.8, 4) is 0 Å². The molecule has 0 radical (unpaired) electrons. The summed E-state index contributed by atoms with van der Waals surface area (Å²) < 4.78 is 4.80. The van der Waals surface area contributed by atoms with E-state index >= 15 is 0 Å². The van der Waals surface area contributed by atoms with Gasteiger partial charge in [0.05, 0.1) is 40.3 Å². The van der Waals surface area contributed by atoms with Crippen LogP contribution in [0.2, 0.25) is 0 Å². The van der Waals surface area contributed by atoms with Crippen LogP contribution in [0.15, 0.2) is 48.7 Å². The normalized spacial score (nSPS) is 12.6. The minimum atomic E-state index is -1.31. The molecule has 0 fully saturated rings. The molecule has 1 aliphatic rings. The van der Waals surface area contributed by atoms with Crippen LogP contribution in [0.25, 0.3) is 0 Å². The van der Waals surface area contributed by atoms with Crippen molar-refractivity contribution >= 4 is 29.4 Å². The molecule has 0 saturated heterocycles. The van der Waals surface area contributed by atoms with Crippen molar-refractivity contribution in [1.82, 2.24) is 0 Å². The number of rotatable bonds is 7. The van der Waals surface area contributed by atoms with E-state index in [4.69, 9.17) is 9.84 Å². The first-order valence-corrected chi connectivity index (χ1v) is 8.79. The van der Waals surface area contributed by atoms with Gasteiger partial charge >= 0.3 is 11.9 Å². The number of nitrogens with zero attached hydrogens (tertiary/aromatic N) is 1. The molecular formula is C21H17NO8. The van der Waals surface area contributed by atoms with Gasteiger partial charge in [0.1, 0.15) is 6.61 Å². The number of hydrogen-bond acceptors (Lipinski definition) is 7. The maximum absolute atomic E-state index is 13.0. The molecule has 1 heterocycles. The third kappa shape index (κ3) is 3.65. The van der Waals surface area contributed by atoms with Crippen molar-refractivity contribution in [2.75, 3.05) is 18.1 Å². The molecule has 0 atom stereocenters. The zero-order chi connectivity index (χ0) is 22.0. The van der Waals surface area contributed by atoms with Crippen molar-refractivity contribution < 1.29 is 39.2 Å². The summed E-state index contributed by atoms with van der Waals surface area (Å²) in [6, 6.07) is 7.92. The number of carbonyl (C=O) groups excluding carboxylic acids is 3. The lowest BCUT2D eigenvalue weighted by Crippen LogP contribution is -2.29. The average molecular weight is 411 g/mol. The van der Waals surface area contributed by atoms with E-state index in [0.29, 0.717) is 0 Å². The van der Waals surface area contributed by atoms with Gasteiger partial charge in [0.15, 0.2) is 0 Å². The second kappa shape index (κ2) is 8.18. The number of amides is 2. The quantitative estimate of drug-likeness (QED) is 0.357. The van der Waals surface area contributed by atoms with E-state index in [1.807, 2.05) is 0 Å². The topological polar surface area (TPSA) is 141 Å². The Bertz CT molecular complexity index is 1070. The molecule has 2 aromatic rings. The lowest BCUT2D eigenvalue weighted by molar-refractivity contribution is 0.0433. The molecule has 154 valence electrons. The minimum absolute atomic E-state index is 0.00227. The first kappa shape index (κ1) is 20.7. The Morgan fingerprint density at radius 1 is 1.00 bits per heavy atom. The van der Waals surface area contributed by atoms with Crippen LogP contribution in [0.5, 0.6) is 0 Å². The molecule has 3 N–H and O–H groups in total. The van der Waals surface area contributed by atoms with Gasteiger partial charge in [0.25, 0.3) is 11.8 Å². The van der Waals surface area contributed by atoms with E-state index in [1.165, 1.54) is 36.4 Å². The second-order valence-corrected chi connectivity index (χ2v) is 6.41. The number of benzene rings is 2. The van der Waals surface area contributed by atoms with Crippen molar-refractivity contribution in [3.05, 3.63) is 76.6 Å². The first-order valence-electron chi connectivity index (χ1n) is 8.79. The highest BCUT2D eigenvalue weighted by Crippen LogP contribution is 2.33. The second-order valence-electron chi connectivity index (χ2n) is 6.41. The van der Waals surface area contributed by atoms with E-state index < -0.39 is 23.8 Å². The summed E-state index contributed by atoms with van der Waals surface area (Å²) in [5.41, 5.74) is 0.0143. The Balaban J connectivity index is 2.00. The fourth-order valence-electron chi connectivity index (χ4n) is 3.19. The number of fused-ring (bicyclic) bond motifs is 1. The first-order chi connectivity index (χ1) is 14.3. The minimum Gasteiger partial charge on any atom is -0.513 e. The predicted molar refractivity (Wildman–Crippen MR) is 104 cm³/mol. The summed E-state index contributed by atoms with van der Waals surface area (Å²) in [7, 11) is 0. The van der Waals surface area contributed by atoms with Crippen LogP contribution in [0.1, 0.15) is 47.0 Å². The van der Waals surface area contributed by atoms with Gasteiger partial charge < -0.3 is 20.1 Å². The highest BCUT2D eigenvalue weighted by molar-refractivity contribution is 6.35. The summed E-state index contributed by atoms with van der Waals surface area (Å²) in [6.07, 6.45) is -0.298. The van der Waals surface area contributed by atoms with E-state index in [9.17, 15) is 29.4 Å². The lowest BCUT2D eigenvalue weighted by atomic mass is 9.94. The molecule has 0 aliphatic carbocycles. The standard InChI is InChI=1S/C21H17NO8/c1-11(24)10-16-14(20(27)28)6-7-15-17(16)19(26)22(18(15)25)13-4-2-12(3-5-13)21(29)30-9-8-23/h2-7,23-24H,1,8-10H2,(H,27,28). The van der Waals surface area contributed by atoms with Gasteiger partial charge in [-0.25, -0.2) is 14.5 Å². The Hall–Kier alpha value is -3.98. The molecule has 0 aromatic heterocycles. The molecule has 9 heteroatoms. The fraction of sp³-hybridized carbons (Fsp3) is 0.143. The van der Waals surface area contributed by atoms with E-state index in [0.717, 1.165) is 4.90 Å². The Morgan fingerprint density at radius 2 is 1.67 bits per heavy atom. The number of carboxylic acid groups (broad SMARTS) is 1. The Labute approximate surface area is 170 Å². The largest absolute Gasteiger partial charge is 0.513 e. The molecule has 1 aliphatic heterocycles. The van der Waals surface area contributed by atoms with Crippen LogP contribution in [-0.4, -0.2) is 52.3 Å².